The number of amides is 2. The molecule has 4 heteroatoms. The van der Waals surface area contributed by atoms with Gasteiger partial charge in [-0.25, -0.2) is 0 Å². The smallest absolute Gasteiger partial charge is 0.251 e. The van der Waals surface area contributed by atoms with Crippen molar-refractivity contribution in [3.8, 4) is 0 Å². The van der Waals surface area contributed by atoms with Crippen molar-refractivity contribution in [2.75, 3.05) is 6.54 Å². The van der Waals surface area contributed by atoms with Gasteiger partial charge in [0.1, 0.15) is 0 Å². The van der Waals surface area contributed by atoms with Gasteiger partial charge in [-0.1, -0.05) is 42.0 Å². The van der Waals surface area contributed by atoms with Crippen LogP contribution in [0.1, 0.15) is 31.8 Å². The minimum Gasteiger partial charge on any atom is -0.349 e. The van der Waals surface area contributed by atoms with Crippen LogP contribution in [-0.2, 0) is 6.54 Å². The first kappa shape index (κ1) is 16.5. The Morgan fingerprint density at radius 3 is 2.22 bits per heavy atom. The Morgan fingerprint density at radius 2 is 1.61 bits per heavy atom. The molecule has 2 N–H and O–H groups in total. The number of carbonyl (C=O) groups excluding carboxylic acids is 2. The third-order valence-corrected chi connectivity index (χ3v) is 3.37. The molecule has 0 aliphatic heterocycles. The lowest BCUT2D eigenvalue weighted by Crippen LogP contribution is -2.25. The van der Waals surface area contributed by atoms with E-state index in [1.165, 1.54) is 5.56 Å². The predicted molar refractivity (Wildman–Crippen MR) is 91.3 cm³/mol. The Morgan fingerprint density at radius 1 is 1.00 bits per heavy atom. The molecule has 0 fully saturated rings. The minimum atomic E-state index is -0.224. The van der Waals surface area contributed by atoms with Crippen LogP contribution in [0, 0.1) is 6.92 Å². The van der Waals surface area contributed by atoms with Crippen LogP contribution in [-0.4, -0.2) is 18.4 Å². The second-order valence-electron chi connectivity index (χ2n) is 5.25. The van der Waals surface area contributed by atoms with Crippen LogP contribution in [0.3, 0.4) is 0 Å². The quantitative estimate of drug-likeness (QED) is 0.806. The third kappa shape index (κ3) is 4.81. The highest BCUT2D eigenvalue weighted by atomic mass is 16.2. The van der Waals surface area contributed by atoms with Gasteiger partial charge in [0.2, 0.25) is 0 Å². The summed E-state index contributed by atoms with van der Waals surface area (Å²) in [4.78, 5) is 24.1. The zero-order valence-electron chi connectivity index (χ0n) is 13.1. The van der Waals surface area contributed by atoms with E-state index in [-0.39, 0.29) is 11.8 Å². The molecule has 0 heterocycles. The minimum absolute atomic E-state index is 0.205. The number of rotatable bonds is 6. The van der Waals surface area contributed by atoms with Crippen LogP contribution in [0.4, 0.5) is 0 Å². The molecule has 0 saturated heterocycles. The Hall–Kier alpha value is -2.88. The van der Waals surface area contributed by atoms with Gasteiger partial charge in [0.15, 0.2) is 0 Å². The number of benzene rings is 2. The topological polar surface area (TPSA) is 58.2 Å². The first-order valence-electron chi connectivity index (χ1n) is 7.43. The fraction of sp³-hybridized carbons (Fsp3) is 0.158. The molecule has 0 aliphatic rings. The number of hydrogen-bond acceptors (Lipinski definition) is 2. The SMILES string of the molecule is C=CCNC(=O)c1cccc(C(=O)NCc2ccc(C)cc2)c1. The van der Waals surface area contributed by atoms with E-state index in [4.69, 9.17) is 0 Å². The summed E-state index contributed by atoms with van der Waals surface area (Å²) in [7, 11) is 0. The van der Waals surface area contributed by atoms with Gasteiger partial charge in [0.05, 0.1) is 0 Å². The van der Waals surface area contributed by atoms with Crippen LogP contribution in [0.5, 0.6) is 0 Å². The Bertz CT molecular complexity index is 706. The van der Waals surface area contributed by atoms with Crippen LogP contribution >= 0.6 is 0 Å². The van der Waals surface area contributed by atoms with Crippen LogP contribution in [0.2, 0.25) is 0 Å². The maximum atomic E-state index is 12.2. The highest BCUT2D eigenvalue weighted by Gasteiger charge is 2.09. The summed E-state index contributed by atoms with van der Waals surface area (Å²) in [5, 5.41) is 5.55. The second-order valence-corrected chi connectivity index (χ2v) is 5.25. The number of carbonyl (C=O) groups is 2. The summed E-state index contributed by atoms with van der Waals surface area (Å²) in [6.07, 6.45) is 1.61. The first-order valence-corrected chi connectivity index (χ1v) is 7.43. The Kier molecular flexibility index (Phi) is 5.69. The molecule has 0 radical (unpaired) electrons. The maximum Gasteiger partial charge on any atom is 0.251 e. The standard InChI is InChI=1S/C19H20N2O2/c1-3-11-20-18(22)16-5-4-6-17(12-16)19(23)21-13-15-9-7-14(2)8-10-15/h3-10,12H,1,11,13H2,2H3,(H,20,22)(H,21,23). The summed E-state index contributed by atoms with van der Waals surface area (Å²) in [5.41, 5.74) is 3.13. The van der Waals surface area contributed by atoms with E-state index in [0.29, 0.717) is 24.2 Å². The van der Waals surface area contributed by atoms with Gasteiger partial charge >= 0.3 is 0 Å². The molecule has 0 saturated carbocycles. The van der Waals surface area contributed by atoms with Gasteiger partial charge in [0.25, 0.3) is 11.8 Å². The molecular weight excluding hydrogens is 288 g/mol. The van der Waals surface area contributed by atoms with Gasteiger partial charge < -0.3 is 10.6 Å². The van der Waals surface area contributed by atoms with E-state index in [0.717, 1.165) is 5.56 Å². The molecule has 0 unspecified atom stereocenters. The van der Waals surface area contributed by atoms with Gasteiger partial charge in [-0.15, -0.1) is 6.58 Å². The van der Waals surface area contributed by atoms with Crippen LogP contribution in [0.25, 0.3) is 0 Å². The van der Waals surface area contributed by atoms with E-state index in [1.807, 2.05) is 31.2 Å². The van der Waals surface area contributed by atoms with Crippen molar-refractivity contribution >= 4 is 11.8 Å². The third-order valence-electron chi connectivity index (χ3n) is 3.37. The van der Waals surface area contributed by atoms with Crippen LogP contribution < -0.4 is 10.6 Å². The highest BCUT2D eigenvalue weighted by Crippen LogP contribution is 2.07. The molecule has 4 nitrogen and oxygen atoms in total. The maximum absolute atomic E-state index is 12.2. The molecule has 0 bridgehead atoms. The van der Waals surface area contributed by atoms with Crippen molar-refractivity contribution in [1.29, 1.82) is 0 Å². The lowest BCUT2D eigenvalue weighted by atomic mass is 10.1. The monoisotopic (exact) mass is 308 g/mol. The summed E-state index contributed by atoms with van der Waals surface area (Å²) in [6.45, 7) is 6.41. The van der Waals surface area contributed by atoms with Crippen molar-refractivity contribution in [1.82, 2.24) is 10.6 Å². The molecule has 0 aliphatic carbocycles. The lowest BCUT2D eigenvalue weighted by molar-refractivity contribution is 0.0951. The second kappa shape index (κ2) is 7.94. The normalized spacial score (nSPS) is 9.96. The largest absolute Gasteiger partial charge is 0.349 e. The van der Waals surface area contributed by atoms with Gasteiger partial charge in [0, 0.05) is 24.2 Å². The zero-order chi connectivity index (χ0) is 16.7. The molecule has 2 aromatic rings. The van der Waals surface area contributed by atoms with E-state index in [2.05, 4.69) is 17.2 Å². The van der Waals surface area contributed by atoms with Gasteiger partial charge in [-0.2, -0.15) is 0 Å². The molecule has 0 spiro atoms. The number of hydrogen-bond donors (Lipinski definition) is 2. The number of aryl methyl sites for hydroxylation is 1. The molecule has 2 aromatic carbocycles. The van der Waals surface area contributed by atoms with E-state index < -0.39 is 0 Å². The Labute approximate surface area is 136 Å². The first-order chi connectivity index (χ1) is 11.1. The van der Waals surface area contributed by atoms with Crippen molar-refractivity contribution in [2.24, 2.45) is 0 Å². The van der Waals surface area contributed by atoms with Crippen LogP contribution in [0.15, 0.2) is 61.2 Å². The molecule has 0 aromatic heterocycles. The van der Waals surface area contributed by atoms with Gasteiger partial charge in [-0.05, 0) is 30.7 Å². The molecule has 118 valence electrons. The zero-order valence-corrected chi connectivity index (χ0v) is 13.1. The van der Waals surface area contributed by atoms with E-state index >= 15 is 0 Å². The average Bonchev–Trinajstić information content (AvgIpc) is 2.59. The van der Waals surface area contributed by atoms with Crippen molar-refractivity contribution in [3.05, 3.63) is 83.4 Å². The Balaban J connectivity index is 2.00. The van der Waals surface area contributed by atoms with Crippen molar-refractivity contribution < 1.29 is 9.59 Å². The molecule has 2 rings (SSSR count). The predicted octanol–water partition coefficient (Wildman–Crippen LogP) is 2.84. The van der Waals surface area contributed by atoms with Crippen molar-refractivity contribution in [2.45, 2.75) is 13.5 Å². The summed E-state index contributed by atoms with van der Waals surface area (Å²) < 4.78 is 0. The molecular formula is C19H20N2O2. The van der Waals surface area contributed by atoms with E-state index in [9.17, 15) is 9.59 Å². The number of nitrogens with one attached hydrogen (secondary N) is 2. The summed E-state index contributed by atoms with van der Waals surface area (Å²) in [6, 6.07) is 14.6. The van der Waals surface area contributed by atoms with E-state index in [1.54, 1.807) is 30.3 Å². The van der Waals surface area contributed by atoms with Crippen molar-refractivity contribution in [3.63, 3.8) is 0 Å². The molecule has 23 heavy (non-hydrogen) atoms. The fourth-order valence-corrected chi connectivity index (χ4v) is 2.06. The summed E-state index contributed by atoms with van der Waals surface area (Å²) in [5.74, 6) is -0.429. The summed E-state index contributed by atoms with van der Waals surface area (Å²) >= 11 is 0. The highest BCUT2D eigenvalue weighted by molar-refractivity contribution is 5.99. The molecule has 0 atom stereocenters. The average molecular weight is 308 g/mol. The lowest BCUT2D eigenvalue weighted by Gasteiger charge is -2.08. The fourth-order valence-electron chi connectivity index (χ4n) is 2.06. The van der Waals surface area contributed by atoms with Gasteiger partial charge in [-0.3, -0.25) is 9.59 Å². The molecule has 2 amide bonds.